The van der Waals surface area contributed by atoms with E-state index in [9.17, 15) is 14.4 Å². The molecule has 0 aliphatic carbocycles. The summed E-state index contributed by atoms with van der Waals surface area (Å²) in [7, 11) is 0. The molecule has 0 radical (unpaired) electrons. The summed E-state index contributed by atoms with van der Waals surface area (Å²) < 4.78 is 0. The number of rotatable bonds is 3. The van der Waals surface area contributed by atoms with Gasteiger partial charge >= 0.3 is 0 Å². The van der Waals surface area contributed by atoms with Gasteiger partial charge in [-0.1, -0.05) is 6.92 Å². The molecule has 20 heavy (non-hydrogen) atoms. The Morgan fingerprint density at radius 1 is 1.55 bits per heavy atom. The molecular formula is C14H16N2O3S. The molecule has 1 N–H and O–H groups in total. The normalized spacial score (nSPS) is 19.5. The first kappa shape index (κ1) is 14.5. The van der Waals surface area contributed by atoms with E-state index in [1.807, 2.05) is 25.3 Å². The van der Waals surface area contributed by atoms with Gasteiger partial charge in [-0.2, -0.15) is 0 Å². The Morgan fingerprint density at radius 3 is 2.90 bits per heavy atom. The smallest absolute Gasteiger partial charge is 0.249 e. The van der Waals surface area contributed by atoms with Crippen molar-refractivity contribution in [2.75, 3.05) is 6.54 Å². The predicted molar refractivity (Wildman–Crippen MR) is 77.0 cm³/mol. The molecule has 2 heterocycles. The molecule has 1 saturated heterocycles. The van der Waals surface area contributed by atoms with Crippen LogP contribution in [0.2, 0.25) is 0 Å². The Labute approximate surface area is 121 Å². The fourth-order valence-electron chi connectivity index (χ4n) is 2.10. The Bertz CT molecular complexity index is 577. The van der Waals surface area contributed by atoms with E-state index < -0.39 is 17.9 Å². The van der Waals surface area contributed by atoms with Crippen LogP contribution in [0.3, 0.4) is 0 Å². The van der Waals surface area contributed by atoms with Crippen LogP contribution in [0.5, 0.6) is 0 Å². The molecule has 0 spiro atoms. The van der Waals surface area contributed by atoms with Crippen LogP contribution in [0.4, 0.5) is 0 Å². The lowest BCUT2D eigenvalue weighted by Gasteiger charge is -2.32. The molecule has 2 rings (SSSR count). The molecule has 0 saturated carbocycles. The van der Waals surface area contributed by atoms with Crippen LogP contribution in [-0.4, -0.2) is 35.2 Å². The summed E-state index contributed by atoms with van der Waals surface area (Å²) in [6.07, 6.45) is 3.64. The Balaban J connectivity index is 2.14. The van der Waals surface area contributed by atoms with Gasteiger partial charge in [-0.15, -0.1) is 11.3 Å². The predicted octanol–water partition coefficient (Wildman–Crippen LogP) is 1.33. The second-order valence-corrected chi connectivity index (χ2v) is 5.55. The van der Waals surface area contributed by atoms with Crippen LogP contribution in [-0.2, 0) is 14.4 Å². The third-order valence-corrected chi connectivity index (χ3v) is 4.19. The largest absolute Gasteiger partial charge is 0.318 e. The highest BCUT2D eigenvalue weighted by molar-refractivity contribution is 7.11. The Kier molecular flexibility index (Phi) is 4.34. The van der Waals surface area contributed by atoms with Gasteiger partial charge in [0.05, 0.1) is 0 Å². The van der Waals surface area contributed by atoms with Gasteiger partial charge in [0.15, 0.2) is 0 Å². The van der Waals surface area contributed by atoms with Crippen LogP contribution in [0.25, 0.3) is 6.08 Å². The summed E-state index contributed by atoms with van der Waals surface area (Å²) in [6.45, 7) is 3.71. The van der Waals surface area contributed by atoms with Crippen LogP contribution in [0, 0.1) is 6.92 Å². The van der Waals surface area contributed by atoms with Gasteiger partial charge in [-0.25, -0.2) is 0 Å². The number of imide groups is 1. The highest BCUT2D eigenvalue weighted by Crippen LogP contribution is 2.18. The zero-order valence-corrected chi connectivity index (χ0v) is 12.2. The van der Waals surface area contributed by atoms with Crippen molar-refractivity contribution in [1.82, 2.24) is 10.2 Å². The van der Waals surface area contributed by atoms with Crippen molar-refractivity contribution in [2.45, 2.75) is 26.3 Å². The number of thiophene rings is 1. The van der Waals surface area contributed by atoms with Crippen molar-refractivity contribution >= 4 is 35.1 Å². The van der Waals surface area contributed by atoms with Crippen LogP contribution in [0.1, 0.15) is 23.8 Å². The number of hydrogen-bond donors (Lipinski definition) is 1. The zero-order valence-electron chi connectivity index (χ0n) is 11.4. The fraction of sp³-hybridized carbons (Fsp3) is 0.357. The third-order valence-electron chi connectivity index (χ3n) is 3.20. The molecule has 1 atom stereocenters. The average Bonchev–Trinajstić information content (AvgIpc) is 2.80. The molecule has 1 unspecified atom stereocenters. The number of carbonyl (C=O) groups is 3. The molecule has 1 fully saturated rings. The SMILES string of the molecule is CCC1C(=O)NC(=O)CN1C(=O)C=Cc1sccc1C. The van der Waals surface area contributed by atoms with Crippen molar-refractivity contribution in [3.05, 3.63) is 28.0 Å². The van der Waals surface area contributed by atoms with Gasteiger partial charge in [0.25, 0.3) is 0 Å². The van der Waals surface area contributed by atoms with Crippen molar-refractivity contribution in [3.63, 3.8) is 0 Å². The first-order valence-corrected chi connectivity index (χ1v) is 7.27. The monoisotopic (exact) mass is 292 g/mol. The number of hydrogen-bond acceptors (Lipinski definition) is 4. The number of nitrogens with one attached hydrogen (secondary N) is 1. The summed E-state index contributed by atoms with van der Waals surface area (Å²) in [5, 5.41) is 4.20. The molecule has 1 aromatic heterocycles. The summed E-state index contributed by atoms with van der Waals surface area (Å²) in [6, 6.07) is 1.40. The van der Waals surface area contributed by atoms with E-state index in [0.29, 0.717) is 6.42 Å². The van der Waals surface area contributed by atoms with E-state index in [1.165, 1.54) is 11.0 Å². The summed E-state index contributed by atoms with van der Waals surface area (Å²) in [4.78, 5) is 37.6. The van der Waals surface area contributed by atoms with Gasteiger partial charge in [0.1, 0.15) is 12.6 Å². The minimum absolute atomic E-state index is 0.0726. The Morgan fingerprint density at radius 2 is 2.30 bits per heavy atom. The number of aryl methyl sites for hydroxylation is 1. The first-order valence-electron chi connectivity index (χ1n) is 6.39. The van der Waals surface area contributed by atoms with Crippen LogP contribution >= 0.6 is 11.3 Å². The molecule has 0 aromatic carbocycles. The summed E-state index contributed by atoms with van der Waals surface area (Å²) in [5.41, 5.74) is 1.10. The maximum Gasteiger partial charge on any atom is 0.249 e. The van der Waals surface area contributed by atoms with Crippen molar-refractivity contribution in [3.8, 4) is 0 Å². The van der Waals surface area contributed by atoms with Gasteiger partial charge in [-0.05, 0) is 36.4 Å². The molecule has 1 aliphatic heterocycles. The van der Waals surface area contributed by atoms with E-state index >= 15 is 0 Å². The van der Waals surface area contributed by atoms with Crippen LogP contribution < -0.4 is 5.32 Å². The molecule has 5 nitrogen and oxygen atoms in total. The van der Waals surface area contributed by atoms with Crippen molar-refractivity contribution in [2.24, 2.45) is 0 Å². The number of piperazine rings is 1. The lowest BCUT2D eigenvalue weighted by atomic mass is 10.1. The van der Waals surface area contributed by atoms with Gasteiger partial charge < -0.3 is 4.90 Å². The minimum atomic E-state index is -0.575. The maximum atomic E-state index is 12.2. The Hall–Kier alpha value is -1.95. The number of carbonyl (C=O) groups excluding carboxylic acids is 3. The molecule has 3 amide bonds. The van der Waals surface area contributed by atoms with Gasteiger partial charge in [-0.3, -0.25) is 19.7 Å². The van der Waals surface area contributed by atoms with E-state index in [-0.39, 0.29) is 12.5 Å². The van der Waals surface area contributed by atoms with Gasteiger partial charge in [0, 0.05) is 11.0 Å². The summed E-state index contributed by atoms with van der Waals surface area (Å²) in [5.74, 6) is -1.15. The number of amides is 3. The molecule has 106 valence electrons. The number of nitrogens with zero attached hydrogens (tertiary/aromatic N) is 1. The average molecular weight is 292 g/mol. The highest BCUT2D eigenvalue weighted by Gasteiger charge is 2.34. The lowest BCUT2D eigenvalue weighted by Crippen LogP contribution is -2.59. The summed E-state index contributed by atoms with van der Waals surface area (Å²) >= 11 is 1.54. The van der Waals surface area contributed by atoms with Gasteiger partial charge in [0.2, 0.25) is 17.7 Å². The molecule has 1 aliphatic rings. The topological polar surface area (TPSA) is 66.5 Å². The lowest BCUT2D eigenvalue weighted by molar-refractivity contribution is -0.147. The highest BCUT2D eigenvalue weighted by atomic mass is 32.1. The standard InChI is InChI=1S/C14H16N2O3S/c1-3-10-14(19)15-12(17)8-16(10)13(18)5-4-11-9(2)6-7-20-11/h4-7,10H,3,8H2,1-2H3,(H,15,17,19). The molecule has 0 bridgehead atoms. The maximum absolute atomic E-state index is 12.2. The van der Waals surface area contributed by atoms with Crippen molar-refractivity contribution in [1.29, 1.82) is 0 Å². The van der Waals surface area contributed by atoms with E-state index in [0.717, 1.165) is 10.4 Å². The second kappa shape index (κ2) is 6.00. The third kappa shape index (κ3) is 2.96. The van der Waals surface area contributed by atoms with Crippen molar-refractivity contribution < 1.29 is 14.4 Å². The van der Waals surface area contributed by atoms with E-state index in [2.05, 4.69) is 5.32 Å². The minimum Gasteiger partial charge on any atom is -0.318 e. The first-order chi connectivity index (χ1) is 9.52. The molecular weight excluding hydrogens is 276 g/mol. The van der Waals surface area contributed by atoms with E-state index in [4.69, 9.17) is 0 Å². The van der Waals surface area contributed by atoms with Crippen LogP contribution in [0.15, 0.2) is 17.5 Å². The van der Waals surface area contributed by atoms with E-state index in [1.54, 1.807) is 17.4 Å². The molecule has 6 heteroatoms. The quantitative estimate of drug-likeness (QED) is 0.675. The zero-order chi connectivity index (χ0) is 14.7. The second-order valence-electron chi connectivity index (χ2n) is 4.60. The molecule has 1 aromatic rings. The fourth-order valence-corrected chi connectivity index (χ4v) is 2.92.